The number of nitriles is 1. The van der Waals surface area contributed by atoms with Gasteiger partial charge in [-0.15, -0.1) is 0 Å². The lowest BCUT2D eigenvalue weighted by Gasteiger charge is -2.13. The van der Waals surface area contributed by atoms with Gasteiger partial charge < -0.3 is 5.32 Å². The second-order valence-corrected chi connectivity index (χ2v) is 4.62. The Balaban J connectivity index is 2.14. The van der Waals surface area contributed by atoms with Crippen molar-refractivity contribution in [1.29, 1.82) is 5.26 Å². The molecule has 0 saturated carbocycles. The molecule has 0 amide bonds. The zero-order valence-corrected chi connectivity index (χ0v) is 11.2. The second-order valence-electron chi connectivity index (χ2n) is 4.22. The van der Waals surface area contributed by atoms with Gasteiger partial charge in [0.2, 0.25) is 0 Å². The molecular formula is C15H11ClF2N2. The summed E-state index contributed by atoms with van der Waals surface area (Å²) in [5, 5.41) is 11.9. The maximum atomic E-state index is 13.6. The molecule has 0 saturated heterocycles. The smallest absolute Gasteiger partial charge is 0.150 e. The first-order chi connectivity index (χ1) is 9.61. The van der Waals surface area contributed by atoms with Crippen LogP contribution in [0.5, 0.6) is 0 Å². The minimum atomic E-state index is -0.778. The van der Waals surface area contributed by atoms with E-state index in [4.69, 9.17) is 16.9 Å². The van der Waals surface area contributed by atoms with Gasteiger partial charge in [-0.1, -0.05) is 41.9 Å². The Hall–Kier alpha value is -2.12. The van der Waals surface area contributed by atoms with Crippen LogP contribution in [0.2, 0.25) is 5.02 Å². The first-order valence-corrected chi connectivity index (χ1v) is 6.32. The molecule has 0 heterocycles. The summed E-state index contributed by atoms with van der Waals surface area (Å²) in [6.07, 6.45) is 0. The molecule has 0 aliphatic heterocycles. The van der Waals surface area contributed by atoms with E-state index < -0.39 is 17.6 Å². The van der Waals surface area contributed by atoms with Gasteiger partial charge in [-0.25, -0.2) is 8.78 Å². The van der Waals surface area contributed by atoms with E-state index in [0.717, 1.165) is 17.7 Å². The molecule has 2 nitrogen and oxygen atoms in total. The standard InChI is InChI=1S/C15H11ClF2N2/c16-13-6-12(17)7-14(18)15(13)20-9-11(8-19)10-4-2-1-3-5-10/h1-7,11,20H,9H2. The van der Waals surface area contributed by atoms with Crippen LogP contribution in [0.15, 0.2) is 42.5 Å². The molecule has 2 aromatic carbocycles. The molecule has 20 heavy (non-hydrogen) atoms. The van der Waals surface area contributed by atoms with Crippen molar-refractivity contribution >= 4 is 17.3 Å². The molecular weight excluding hydrogens is 282 g/mol. The molecule has 0 aromatic heterocycles. The number of nitrogens with one attached hydrogen (secondary N) is 1. The Morgan fingerprint density at radius 3 is 2.50 bits per heavy atom. The van der Waals surface area contributed by atoms with E-state index in [1.165, 1.54) is 0 Å². The van der Waals surface area contributed by atoms with Gasteiger partial charge in [0.25, 0.3) is 0 Å². The Bertz CT molecular complexity index is 615. The molecule has 2 aromatic rings. The Morgan fingerprint density at radius 1 is 1.20 bits per heavy atom. The Kier molecular flexibility index (Phi) is 4.54. The summed E-state index contributed by atoms with van der Waals surface area (Å²) in [4.78, 5) is 0. The van der Waals surface area contributed by atoms with Gasteiger partial charge in [0, 0.05) is 12.6 Å². The van der Waals surface area contributed by atoms with E-state index in [1.54, 1.807) is 0 Å². The van der Waals surface area contributed by atoms with E-state index in [0.29, 0.717) is 0 Å². The van der Waals surface area contributed by atoms with Crippen molar-refractivity contribution in [1.82, 2.24) is 0 Å². The van der Waals surface area contributed by atoms with Crippen LogP contribution in [0.1, 0.15) is 11.5 Å². The highest BCUT2D eigenvalue weighted by atomic mass is 35.5. The zero-order chi connectivity index (χ0) is 14.5. The monoisotopic (exact) mass is 292 g/mol. The van der Waals surface area contributed by atoms with Crippen molar-refractivity contribution in [2.45, 2.75) is 5.92 Å². The lowest BCUT2D eigenvalue weighted by Crippen LogP contribution is -2.12. The molecule has 2 rings (SSSR count). The molecule has 5 heteroatoms. The molecule has 0 fully saturated rings. The third-order valence-corrected chi connectivity index (χ3v) is 3.15. The highest BCUT2D eigenvalue weighted by Crippen LogP contribution is 2.27. The average Bonchev–Trinajstić information content (AvgIpc) is 2.43. The minimum Gasteiger partial charge on any atom is -0.380 e. The summed E-state index contributed by atoms with van der Waals surface area (Å²) >= 11 is 5.78. The van der Waals surface area contributed by atoms with E-state index in [-0.39, 0.29) is 17.3 Å². The summed E-state index contributed by atoms with van der Waals surface area (Å²) in [5.41, 5.74) is 0.824. The van der Waals surface area contributed by atoms with E-state index in [2.05, 4.69) is 11.4 Å². The maximum Gasteiger partial charge on any atom is 0.150 e. The summed E-state index contributed by atoms with van der Waals surface area (Å²) in [6.45, 7) is 0.183. The summed E-state index contributed by atoms with van der Waals surface area (Å²) in [6, 6.07) is 13.0. The highest BCUT2D eigenvalue weighted by Gasteiger charge is 2.14. The van der Waals surface area contributed by atoms with Crippen molar-refractivity contribution in [3.8, 4) is 6.07 Å². The van der Waals surface area contributed by atoms with Crippen molar-refractivity contribution in [3.63, 3.8) is 0 Å². The molecule has 102 valence electrons. The van der Waals surface area contributed by atoms with Gasteiger partial charge in [0.15, 0.2) is 5.82 Å². The number of halogens is 3. The number of anilines is 1. The predicted molar refractivity (Wildman–Crippen MR) is 74.7 cm³/mol. The van der Waals surface area contributed by atoms with Crippen molar-refractivity contribution in [3.05, 3.63) is 64.7 Å². The van der Waals surface area contributed by atoms with Crippen LogP contribution in [0.4, 0.5) is 14.5 Å². The van der Waals surface area contributed by atoms with Crippen LogP contribution in [0.3, 0.4) is 0 Å². The van der Waals surface area contributed by atoms with Crippen molar-refractivity contribution in [2.75, 3.05) is 11.9 Å². The fourth-order valence-corrected chi connectivity index (χ4v) is 2.10. The Morgan fingerprint density at radius 2 is 1.90 bits per heavy atom. The van der Waals surface area contributed by atoms with Crippen LogP contribution < -0.4 is 5.32 Å². The lowest BCUT2D eigenvalue weighted by atomic mass is 10.0. The number of rotatable bonds is 4. The van der Waals surface area contributed by atoms with Gasteiger partial charge in [-0.05, 0) is 11.6 Å². The fraction of sp³-hybridized carbons (Fsp3) is 0.133. The number of hydrogen-bond acceptors (Lipinski definition) is 2. The number of benzene rings is 2. The topological polar surface area (TPSA) is 35.8 Å². The molecule has 0 aliphatic carbocycles. The van der Waals surface area contributed by atoms with Gasteiger partial charge in [-0.2, -0.15) is 5.26 Å². The fourth-order valence-electron chi connectivity index (χ4n) is 1.84. The number of hydrogen-bond donors (Lipinski definition) is 1. The molecule has 1 N–H and O–H groups in total. The van der Waals surface area contributed by atoms with E-state index >= 15 is 0 Å². The van der Waals surface area contributed by atoms with Crippen LogP contribution in [0.25, 0.3) is 0 Å². The van der Waals surface area contributed by atoms with Crippen molar-refractivity contribution < 1.29 is 8.78 Å². The molecule has 0 spiro atoms. The van der Waals surface area contributed by atoms with Crippen LogP contribution in [0, 0.1) is 23.0 Å². The SMILES string of the molecule is N#CC(CNc1c(F)cc(F)cc1Cl)c1ccccc1. The van der Waals surface area contributed by atoms with E-state index in [1.807, 2.05) is 30.3 Å². The molecule has 0 aliphatic rings. The summed E-state index contributed by atoms with van der Waals surface area (Å²) in [7, 11) is 0. The van der Waals surface area contributed by atoms with Crippen molar-refractivity contribution in [2.24, 2.45) is 0 Å². The van der Waals surface area contributed by atoms with Crippen LogP contribution in [-0.4, -0.2) is 6.54 Å². The summed E-state index contributed by atoms with van der Waals surface area (Å²) in [5.74, 6) is -1.96. The average molecular weight is 293 g/mol. The number of nitrogens with zero attached hydrogens (tertiary/aromatic N) is 1. The normalized spacial score (nSPS) is 11.7. The minimum absolute atomic E-state index is 0.00393. The van der Waals surface area contributed by atoms with Gasteiger partial charge >= 0.3 is 0 Å². The van der Waals surface area contributed by atoms with E-state index in [9.17, 15) is 8.78 Å². The van der Waals surface area contributed by atoms with Gasteiger partial charge in [0.1, 0.15) is 5.82 Å². The summed E-state index contributed by atoms with van der Waals surface area (Å²) < 4.78 is 26.5. The first kappa shape index (κ1) is 14.3. The zero-order valence-electron chi connectivity index (χ0n) is 10.4. The molecule has 0 bridgehead atoms. The third kappa shape index (κ3) is 3.25. The molecule has 1 atom stereocenters. The molecule has 1 unspecified atom stereocenters. The lowest BCUT2D eigenvalue weighted by molar-refractivity contribution is 0.585. The first-order valence-electron chi connectivity index (χ1n) is 5.95. The quantitative estimate of drug-likeness (QED) is 0.910. The highest BCUT2D eigenvalue weighted by molar-refractivity contribution is 6.33. The largest absolute Gasteiger partial charge is 0.380 e. The van der Waals surface area contributed by atoms with Gasteiger partial charge in [-0.3, -0.25) is 0 Å². The van der Waals surface area contributed by atoms with Crippen LogP contribution in [-0.2, 0) is 0 Å². The molecule has 0 radical (unpaired) electrons. The third-order valence-electron chi connectivity index (χ3n) is 2.85. The maximum absolute atomic E-state index is 13.6. The predicted octanol–water partition coefficient (Wildman–Crippen LogP) is 4.34. The Labute approximate surface area is 120 Å². The second kappa shape index (κ2) is 6.36. The van der Waals surface area contributed by atoms with Crippen LogP contribution >= 0.6 is 11.6 Å². The van der Waals surface area contributed by atoms with Gasteiger partial charge in [0.05, 0.1) is 22.7 Å².